The fourth-order valence-electron chi connectivity index (χ4n) is 2.05. The van der Waals surface area contributed by atoms with Gasteiger partial charge in [-0.3, -0.25) is 9.59 Å². The molecule has 1 aliphatic rings. The summed E-state index contributed by atoms with van der Waals surface area (Å²) in [6.45, 7) is 10.8. The number of amides is 2. The predicted octanol–water partition coefficient (Wildman–Crippen LogP) is 0.929. The highest BCUT2D eigenvalue weighted by molar-refractivity contribution is 6.01. The SMILES string of the molecule is CCOCCCN1C(=O)C(C)(C)NC(=O)C1(C)C. The molecule has 0 aromatic heterocycles. The van der Waals surface area contributed by atoms with Crippen molar-refractivity contribution in [3.63, 3.8) is 0 Å². The van der Waals surface area contributed by atoms with Crippen LogP contribution in [0.15, 0.2) is 0 Å². The molecule has 0 radical (unpaired) electrons. The van der Waals surface area contributed by atoms with Gasteiger partial charge in [0.2, 0.25) is 11.8 Å². The van der Waals surface area contributed by atoms with Gasteiger partial charge in [0.05, 0.1) is 0 Å². The maximum Gasteiger partial charge on any atom is 0.248 e. The molecular formula is C13H24N2O3. The van der Waals surface area contributed by atoms with Crippen LogP contribution in [0.25, 0.3) is 0 Å². The fraction of sp³-hybridized carbons (Fsp3) is 0.846. The molecule has 0 spiro atoms. The molecule has 0 saturated carbocycles. The Hall–Kier alpha value is -1.10. The largest absolute Gasteiger partial charge is 0.382 e. The predicted molar refractivity (Wildman–Crippen MR) is 69.1 cm³/mol. The molecule has 1 N–H and O–H groups in total. The summed E-state index contributed by atoms with van der Waals surface area (Å²) in [4.78, 5) is 26.0. The number of carbonyl (C=O) groups excluding carboxylic acids is 2. The smallest absolute Gasteiger partial charge is 0.248 e. The molecule has 0 unspecified atom stereocenters. The molecular weight excluding hydrogens is 232 g/mol. The summed E-state index contributed by atoms with van der Waals surface area (Å²) < 4.78 is 5.27. The van der Waals surface area contributed by atoms with Crippen molar-refractivity contribution in [1.82, 2.24) is 10.2 Å². The normalized spacial score (nSPS) is 21.9. The van der Waals surface area contributed by atoms with E-state index in [1.165, 1.54) is 0 Å². The second kappa shape index (κ2) is 5.26. The van der Waals surface area contributed by atoms with E-state index in [0.717, 1.165) is 6.42 Å². The van der Waals surface area contributed by atoms with Gasteiger partial charge in [-0.1, -0.05) is 0 Å². The molecule has 0 aromatic rings. The third-order valence-electron chi connectivity index (χ3n) is 3.31. The average molecular weight is 256 g/mol. The van der Waals surface area contributed by atoms with Gasteiger partial charge in [-0.15, -0.1) is 0 Å². The van der Waals surface area contributed by atoms with Gasteiger partial charge >= 0.3 is 0 Å². The summed E-state index contributed by atoms with van der Waals surface area (Å²) >= 11 is 0. The number of nitrogens with zero attached hydrogens (tertiary/aromatic N) is 1. The Kier molecular flexibility index (Phi) is 4.37. The molecule has 0 aliphatic carbocycles. The first kappa shape index (κ1) is 15.0. The molecule has 104 valence electrons. The molecule has 1 saturated heterocycles. The van der Waals surface area contributed by atoms with Gasteiger partial charge < -0.3 is 15.0 Å². The van der Waals surface area contributed by atoms with Crippen molar-refractivity contribution in [3.05, 3.63) is 0 Å². The second-order valence-electron chi connectivity index (χ2n) is 5.65. The standard InChI is InChI=1S/C13H24N2O3/c1-6-18-9-7-8-15-11(17)12(2,3)14-10(16)13(15,4)5/h6-9H2,1-5H3,(H,14,16). The van der Waals surface area contributed by atoms with Crippen molar-refractivity contribution in [2.45, 2.75) is 52.1 Å². The minimum Gasteiger partial charge on any atom is -0.382 e. The Balaban J connectivity index is 2.76. The molecule has 1 fully saturated rings. The Labute approximate surface area is 109 Å². The van der Waals surface area contributed by atoms with E-state index >= 15 is 0 Å². The lowest BCUT2D eigenvalue weighted by Crippen LogP contribution is -2.72. The molecule has 2 amide bonds. The maximum absolute atomic E-state index is 12.3. The summed E-state index contributed by atoms with van der Waals surface area (Å²) in [5.74, 6) is -0.146. The van der Waals surface area contributed by atoms with Crippen molar-refractivity contribution in [3.8, 4) is 0 Å². The highest BCUT2D eigenvalue weighted by Gasteiger charge is 2.49. The van der Waals surface area contributed by atoms with Crippen molar-refractivity contribution >= 4 is 11.8 Å². The van der Waals surface area contributed by atoms with Crippen LogP contribution in [0.5, 0.6) is 0 Å². The van der Waals surface area contributed by atoms with Crippen molar-refractivity contribution < 1.29 is 14.3 Å². The van der Waals surface area contributed by atoms with Crippen LogP contribution in [0.2, 0.25) is 0 Å². The number of rotatable bonds is 5. The lowest BCUT2D eigenvalue weighted by molar-refractivity contribution is -0.159. The van der Waals surface area contributed by atoms with E-state index in [1.807, 2.05) is 6.92 Å². The Morgan fingerprint density at radius 2 is 1.83 bits per heavy atom. The van der Waals surface area contributed by atoms with Gasteiger partial charge in [-0.2, -0.15) is 0 Å². The summed E-state index contributed by atoms with van der Waals surface area (Å²) in [5, 5.41) is 2.77. The Bertz CT molecular complexity index is 337. The summed E-state index contributed by atoms with van der Waals surface area (Å²) in [6, 6.07) is 0. The van der Waals surface area contributed by atoms with Crippen LogP contribution in [-0.2, 0) is 14.3 Å². The van der Waals surface area contributed by atoms with E-state index in [-0.39, 0.29) is 11.8 Å². The average Bonchev–Trinajstić information content (AvgIpc) is 2.25. The second-order valence-corrected chi connectivity index (χ2v) is 5.65. The zero-order valence-corrected chi connectivity index (χ0v) is 12.0. The van der Waals surface area contributed by atoms with Crippen LogP contribution in [0.4, 0.5) is 0 Å². The van der Waals surface area contributed by atoms with E-state index in [1.54, 1.807) is 32.6 Å². The van der Waals surface area contributed by atoms with Crippen molar-refractivity contribution in [2.24, 2.45) is 0 Å². The number of ether oxygens (including phenoxy) is 1. The van der Waals surface area contributed by atoms with E-state index in [2.05, 4.69) is 5.32 Å². The summed E-state index contributed by atoms with van der Waals surface area (Å²) in [6.07, 6.45) is 0.742. The first-order chi connectivity index (χ1) is 8.23. The molecule has 1 heterocycles. The molecule has 18 heavy (non-hydrogen) atoms. The zero-order valence-electron chi connectivity index (χ0n) is 12.0. The minimum absolute atomic E-state index is 0.0383. The van der Waals surface area contributed by atoms with E-state index < -0.39 is 11.1 Å². The maximum atomic E-state index is 12.3. The molecule has 1 aliphatic heterocycles. The molecule has 5 heteroatoms. The number of hydrogen-bond donors (Lipinski definition) is 1. The minimum atomic E-state index is -0.821. The first-order valence-electron chi connectivity index (χ1n) is 6.46. The molecule has 0 aromatic carbocycles. The highest BCUT2D eigenvalue weighted by atomic mass is 16.5. The Morgan fingerprint density at radius 1 is 1.22 bits per heavy atom. The lowest BCUT2D eigenvalue weighted by Gasteiger charge is -2.47. The van der Waals surface area contributed by atoms with Crippen LogP contribution in [0.3, 0.4) is 0 Å². The van der Waals surface area contributed by atoms with Crippen LogP contribution in [0, 0.1) is 0 Å². The quantitative estimate of drug-likeness (QED) is 0.744. The molecule has 0 bridgehead atoms. The van der Waals surface area contributed by atoms with E-state index in [9.17, 15) is 9.59 Å². The Morgan fingerprint density at radius 3 is 2.39 bits per heavy atom. The van der Waals surface area contributed by atoms with Gasteiger partial charge in [-0.05, 0) is 41.0 Å². The zero-order chi connectivity index (χ0) is 14.0. The first-order valence-corrected chi connectivity index (χ1v) is 6.46. The topological polar surface area (TPSA) is 58.6 Å². The number of hydrogen-bond acceptors (Lipinski definition) is 3. The van der Waals surface area contributed by atoms with E-state index in [4.69, 9.17) is 4.74 Å². The van der Waals surface area contributed by atoms with Crippen molar-refractivity contribution in [1.29, 1.82) is 0 Å². The van der Waals surface area contributed by atoms with Gasteiger partial charge in [0.15, 0.2) is 0 Å². The fourth-order valence-corrected chi connectivity index (χ4v) is 2.05. The highest BCUT2D eigenvalue weighted by Crippen LogP contribution is 2.25. The lowest BCUT2D eigenvalue weighted by atomic mass is 9.89. The number of piperazine rings is 1. The van der Waals surface area contributed by atoms with Gasteiger partial charge in [-0.25, -0.2) is 0 Å². The third-order valence-corrected chi connectivity index (χ3v) is 3.31. The summed E-state index contributed by atoms with van der Waals surface area (Å²) in [5.41, 5.74) is -1.61. The van der Waals surface area contributed by atoms with Crippen LogP contribution in [0.1, 0.15) is 41.0 Å². The molecule has 1 rings (SSSR count). The number of carbonyl (C=O) groups is 2. The van der Waals surface area contributed by atoms with Gasteiger partial charge in [0.1, 0.15) is 11.1 Å². The van der Waals surface area contributed by atoms with Gasteiger partial charge in [0, 0.05) is 19.8 Å². The van der Waals surface area contributed by atoms with Crippen LogP contribution in [-0.4, -0.2) is 47.6 Å². The number of nitrogens with one attached hydrogen (secondary N) is 1. The van der Waals surface area contributed by atoms with Crippen molar-refractivity contribution in [2.75, 3.05) is 19.8 Å². The molecule has 5 nitrogen and oxygen atoms in total. The summed E-state index contributed by atoms with van der Waals surface area (Å²) in [7, 11) is 0. The molecule has 0 atom stereocenters. The van der Waals surface area contributed by atoms with Crippen LogP contribution < -0.4 is 5.32 Å². The van der Waals surface area contributed by atoms with Crippen LogP contribution >= 0.6 is 0 Å². The van der Waals surface area contributed by atoms with E-state index in [0.29, 0.717) is 19.8 Å². The van der Waals surface area contributed by atoms with Gasteiger partial charge in [0.25, 0.3) is 0 Å². The monoisotopic (exact) mass is 256 g/mol. The third kappa shape index (κ3) is 2.83.